The largest absolute Gasteiger partial charge is 0.497 e. The Hall–Kier alpha value is -2.67. The first-order valence-corrected chi connectivity index (χ1v) is 8.19. The Balaban J connectivity index is 1.80. The Kier molecular flexibility index (Phi) is 7.65. The molecule has 0 fully saturated rings. The molecule has 0 atom stereocenters. The summed E-state index contributed by atoms with van der Waals surface area (Å²) in [6, 6.07) is 9.58. The van der Waals surface area contributed by atoms with Crippen molar-refractivity contribution in [3.8, 4) is 5.75 Å². The molecule has 0 radical (unpaired) electrons. The van der Waals surface area contributed by atoms with E-state index in [0.717, 1.165) is 18.6 Å². The second-order valence-corrected chi connectivity index (χ2v) is 5.42. The predicted octanol–water partition coefficient (Wildman–Crippen LogP) is 1.91. The van der Waals surface area contributed by atoms with Crippen molar-refractivity contribution in [1.29, 1.82) is 0 Å². The summed E-state index contributed by atoms with van der Waals surface area (Å²) in [7, 11) is 3.28. The summed E-state index contributed by atoms with van der Waals surface area (Å²) in [5.41, 5.74) is 1.54. The lowest BCUT2D eigenvalue weighted by Gasteiger charge is -2.08. The highest BCUT2D eigenvalue weighted by molar-refractivity contribution is 5.92. The van der Waals surface area contributed by atoms with Gasteiger partial charge in [0.2, 0.25) is 0 Å². The summed E-state index contributed by atoms with van der Waals surface area (Å²) in [6.07, 6.45) is 2.99. The quantitative estimate of drug-likeness (QED) is 0.641. The van der Waals surface area contributed by atoms with Crippen LogP contribution in [0.2, 0.25) is 0 Å². The van der Waals surface area contributed by atoms with E-state index >= 15 is 0 Å². The van der Waals surface area contributed by atoms with Gasteiger partial charge >= 0.3 is 0 Å². The summed E-state index contributed by atoms with van der Waals surface area (Å²) < 4.78 is 10.1. The van der Waals surface area contributed by atoms with Crippen LogP contribution in [0.15, 0.2) is 36.7 Å². The molecule has 7 nitrogen and oxygen atoms in total. The van der Waals surface area contributed by atoms with E-state index in [1.165, 1.54) is 11.9 Å². The number of anilines is 1. The number of aromatic nitrogens is 2. The normalized spacial score (nSPS) is 10.3. The number of nitrogens with zero attached hydrogens (tertiary/aromatic N) is 2. The molecular weight excluding hydrogens is 320 g/mol. The van der Waals surface area contributed by atoms with Gasteiger partial charge in [0, 0.05) is 32.9 Å². The second kappa shape index (κ2) is 10.2. The van der Waals surface area contributed by atoms with Gasteiger partial charge in [-0.3, -0.25) is 4.79 Å². The van der Waals surface area contributed by atoms with Crippen molar-refractivity contribution in [3.63, 3.8) is 0 Å². The number of hydrogen-bond donors (Lipinski definition) is 2. The zero-order valence-electron chi connectivity index (χ0n) is 14.6. The summed E-state index contributed by atoms with van der Waals surface area (Å²) in [5.74, 6) is 1.26. The number of carbonyl (C=O) groups is 1. The first-order valence-electron chi connectivity index (χ1n) is 8.19. The van der Waals surface area contributed by atoms with Crippen LogP contribution < -0.4 is 15.4 Å². The van der Waals surface area contributed by atoms with Crippen LogP contribution in [0.1, 0.15) is 22.5 Å². The molecule has 1 amide bonds. The van der Waals surface area contributed by atoms with Crippen LogP contribution in [0.5, 0.6) is 5.75 Å². The minimum atomic E-state index is -0.211. The van der Waals surface area contributed by atoms with Crippen molar-refractivity contribution < 1.29 is 14.3 Å². The van der Waals surface area contributed by atoms with Gasteiger partial charge in [-0.1, -0.05) is 12.1 Å². The predicted molar refractivity (Wildman–Crippen MR) is 96.0 cm³/mol. The van der Waals surface area contributed by atoms with E-state index in [1.807, 2.05) is 24.3 Å². The first-order chi connectivity index (χ1) is 12.2. The van der Waals surface area contributed by atoms with E-state index in [9.17, 15) is 4.79 Å². The summed E-state index contributed by atoms with van der Waals surface area (Å²) in [6.45, 7) is 1.87. The average Bonchev–Trinajstić information content (AvgIpc) is 2.66. The molecule has 0 aliphatic carbocycles. The fourth-order valence-electron chi connectivity index (χ4n) is 2.21. The molecule has 2 aromatic rings. The van der Waals surface area contributed by atoms with Crippen molar-refractivity contribution in [2.24, 2.45) is 0 Å². The number of nitrogens with one attached hydrogen (secondary N) is 2. The maximum absolute atomic E-state index is 12.0. The Labute approximate surface area is 147 Å². The van der Waals surface area contributed by atoms with Crippen molar-refractivity contribution in [3.05, 3.63) is 47.9 Å². The van der Waals surface area contributed by atoms with Crippen LogP contribution in [0, 0.1) is 0 Å². The van der Waals surface area contributed by atoms with E-state index in [1.54, 1.807) is 20.3 Å². The lowest BCUT2D eigenvalue weighted by atomic mass is 10.1. The SMILES string of the molecule is COCCCNC(=O)c1cc(NCCc2ccc(OC)cc2)ncn1. The third-order valence-corrected chi connectivity index (χ3v) is 3.59. The van der Waals surface area contributed by atoms with Crippen LogP contribution in [0.4, 0.5) is 5.82 Å². The highest BCUT2D eigenvalue weighted by Gasteiger charge is 2.08. The molecule has 1 aromatic heterocycles. The zero-order chi connectivity index (χ0) is 17.9. The molecule has 0 unspecified atom stereocenters. The van der Waals surface area contributed by atoms with E-state index < -0.39 is 0 Å². The van der Waals surface area contributed by atoms with Crippen LogP contribution >= 0.6 is 0 Å². The van der Waals surface area contributed by atoms with Crippen molar-refractivity contribution in [2.45, 2.75) is 12.8 Å². The van der Waals surface area contributed by atoms with Gasteiger partial charge in [0.1, 0.15) is 23.6 Å². The average molecular weight is 344 g/mol. The Morgan fingerprint density at radius 2 is 1.92 bits per heavy atom. The molecular formula is C18H24N4O3. The number of carbonyl (C=O) groups excluding carboxylic acids is 1. The maximum atomic E-state index is 12.0. The monoisotopic (exact) mass is 344 g/mol. The minimum Gasteiger partial charge on any atom is -0.497 e. The maximum Gasteiger partial charge on any atom is 0.270 e. The number of benzene rings is 1. The standard InChI is InChI=1S/C18H24N4O3/c1-24-11-3-9-20-18(23)16-12-17(22-13-21-16)19-10-8-14-4-6-15(25-2)7-5-14/h4-7,12-13H,3,8-11H2,1-2H3,(H,20,23)(H,19,21,22). The van der Waals surface area contributed by atoms with Gasteiger partial charge in [-0.15, -0.1) is 0 Å². The van der Waals surface area contributed by atoms with Crippen LogP contribution in [0.25, 0.3) is 0 Å². The number of rotatable bonds is 10. The lowest BCUT2D eigenvalue weighted by Crippen LogP contribution is -2.26. The molecule has 2 N–H and O–H groups in total. The van der Waals surface area contributed by atoms with Gasteiger partial charge in [0.25, 0.3) is 5.91 Å². The van der Waals surface area contributed by atoms with Gasteiger partial charge < -0.3 is 20.1 Å². The highest BCUT2D eigenvalue weighted by Crippen LogP contribution is 2.12. The van der Waals surface area contributed by atoms with Crippen LogP contribution in [-0.4, -0.2) is 49.8 Å². The van der Waals surface area contributed by atoms with Gasteiger partial charge in [0.05, 0.1) is 7.11 Å². The fourth-order valence-corrected chi connectivity index (χ4v) is 2.21. The van der Waals surface area contributed by atoms with Crippen LogP contribution in [0.3, 0.4) is 0 Å². The van der Waals surface area contributed by atoms with E-state index in [0.29, 0.717) is 31.2 Å². The van der Waals surface area contributed by atoms with Crippen molar-refractivity contribution in [2.75, 3.05) is 39.2 Å². The molecule has 1 aromatic carbocycles. The molecule has 1 heterocycles. The zero-order valence-corrected chi connectivity index (χ0v) is 14.6. The third-order valence-electron chi connectivity index (χ3n) is 3.59. The third kappa shape index (κ3) is 6.39. The number of amides is 1. The summed E-state index contributed by atoms with van der Waals surface area (Å²) in [4.78, 5) is 20.2. The lowest BCUT2D eigenvalue weighted by molar-refractivity contribution is 0.0943. The molecule has 134 valence electrons. The van der Waals surface area contributed by atoms with Gasteiger partial charge in [-0.25, -0.2) is 9.97 Å². The molecule has 0 spiro atoms. The summed E-state index contributed by atoms with van der Waals surface area (Å²) in [5, 5.41) is 6.02. The molecule has 0 saturated heterocycles. The highest BCUT2D eigenvalue weighted by atomic mass is 16.5. The summed E-state index contributed by atoms with van der Waals surface area (Å²) >= 11 is 0. The topological polar surface area (TPSA) is 85.4 Å². The molecule has 0 aliphatic heterocycles. The molecule has 2 rings (SSSR count). The van der Waals surface area contributed by atoms with Crippen LogP contribution in [-0.2, 0) is 11.2 Å². The van der Waals surface area contributed by atoms with Gasteiger partial charge in [0.15, 0.2) is 0 Å². The Morgan fingerprint density at radius 3 is 2.64 bits per heavy atom. The second-order valence-electron chi connectivity index (χ2n) is 5.42. The fraction of sp³-hybridized carbons (Fsp3) is 0.389. The van der Waals surface area contributed by atoms with E-state index in [4.69, 9.17) is 9.47 Å². The molecule has 0 bridgehead atoms. The number of methoxy groups -OCH3 is 2. The minimum absolute atomic E-state index is 0.211. The molecule has 0 saturated carbocycles. The molecule has 25 heavy (non-hydrogen) atoms. The molecule has 0 aliphatic rings. The number of hydrogen-bond acceptors (Lipinski definition) is 6. The van der Waals surface area contributed by atoms with E-state index in [2.05, 4.69) is 20.6 Å². The van der Waals surface area contributed by atoms with E-state index in [-0.39, 0.29) is 5.91 Å². The van der Waals surface area contributed by atoms with Gasteiger partial charge in [-0.2, -0.15) is 0 Å². The Morgan fingerprint density at radius 1 is 1.12 bits per heavy atom. The van der Waals surface area contributed by atoms with Crippen molar-refractivity contribution in [1.82, 2.24) is 15.3 Å². The van der Waals surface area contributed by atoms with Gasteiger partial charge in [-0.05, 0) is 30.5 Å². The smallest absolute Gasteiger partial charge is 0.270 e. The first kappa shape index (κ1) is 18.7. The molecule has 7 heteroatoms. The number of ether oxygens (including phenoxy) is 2. The Bertz CT molecular complexity index is 662. The van der Waals surface area contributed by atoms with Crippen molar-refractivity contribution >= 4 is 11.7 Å².